The van der Waals surface area contributed by atoms with Crippen LogP contribution in [0.2, 0.25) is 0 Å². The second-order valence-electron chi connectivity index (χ2n) is 7.89. The third-order valence-corrected chi connectivity index (χ3v) is 6.62. The van der Waals surface area contributed by atoms with Crippen LogP contribution in [0.3, 0.4) is 0 Å². The van der Waals surface area contributed by atoms with E-state index in [1.807, 2.05) is 6.07 Å². The number of anilines is 1. The molecule has 0 saturated carbocycles. The number of hydrogen-bond donors (Lipinski definition) is 1. The van der Waals surface area contributed by atoms with Crippen LogP contribution >= 0.6 is 0 Å². The van der Waals surface area contributed by atoms with Crippen LogP contribution in [0.15, 0.2) is 24.3 Å². The van der Waals surface area contributed by atoms with Gasteiger partial charge in [-0.3, -0.25) is 4.90 Å². The van der Waals surface area contributed by atoms with Gasteiger partial charge in [-0.25, -0.2) is 0 Å². The fraction of sp³-hybridized carbons (Fsp3) is 0.700. The molecule has 3 aliphatic rings. The summed E-state index contributed by atoms with van der Waals surface area (Å²) in [5.41, 5.74) is 1.34. The first-order chi connectivity index (χ1) is 12.2. The molecule has 5 heteroatoms. The molecule has 5 nitrogen and oxygen atoms in total. The van der Waals surface area contributed by atoms with E-state index >= 15 is 0 Å². The van der Waals surface area contributed by atoms with Gasteiger partial charge >= 0.3 is 0 Å². The number of fused-ring (bicyclic) bond motifs is 1. The topological polar surface area (TPSA) is 45.2 Å². The van der Waals surface area contributed by atoms with Crippen LogP contribution in [0.25, 0.3) is 0 Å². The maximum absolute atomic E-state index is 10.0. The number of piperidine rings is 1. The van der Waals surface area contributed by atoms with Crippen molar-refractivity contribution in [3.05, 3.63) is 24.3 Å². The Balaban J connectivity index is 1.37. The quantitative estimate of drug-likeness (QED) is 0.903. The number of aliphatic hydroxyl groups is 1. The van der Waals surface area contributed by atoms with E-state index in [0.29, 0.717) is 18.6 Å². The van der Waals surface area contributed by atoms with Crippen molar-refractivity contribution in [2.45, 2.75) is 25.3 Å². The number of hydrogen-bond acceptors (Lipinski definition) is 5. The largest absolute Gasteiger partial charge is 0.497 e. The zero-order chi connectivity index (χ0) is 17.3. The van der Waals surface area contributed by atoms with E-state index in [0.717, 1.165) is 51.6 Å². The van der Waals surface area contributed by atoms with E-state index in [-0.39, 0.29) is 5.41 Å². The Hall–Kier alpha value is -1.30. The SMILES string of the molecule is COc1cccc(N2CCC(N3C[C@@H]4COCC[C@]4(CO)C3)CC2)c1. The number of rotatable bonds is 4. The standard InChI is InChI=1S/C20H30N2O3/c1-24-19-4-2-3-18(11-19)21-8-5-17(6-9-21)22-12-16-13-25-10-7-20(16,14-22)15-23/h2-4,11,16-17,23H,5-10,12-15H2,1H3/t16-,20-/m1/s1. The Morgan fingerprint density at radius 1 is 1.32 bits per heavy atom. The third kappa shape index (κ3) is 3.25. The molecule has 3 heterocycles. The van der Waals surface area contributed by atoms with E-state index < -0.39 is 0 Å². The highest BCUT2D eigenvalue weighted by atomic mass is 16.5. The molecule has 3 aliphatic heterocycles. The first kappa shape index (κ1) is 17.1. The number of aliphatic hydroxyl groups excluding tert-OH is 1. The predicted octanol–water partition coefficient (Wildman–Crippen LogP) is 1.99. The van der Waals surface area contributed by atoms with E-state index in [9.17, 15) is 5.11 Å². The molecule has 3 saturated heterocycles. The van der Waals surface area contributed by atoms with Crippen molar-refractivity contribution in [1.82, 2.24) is 4.90 Å². The Labute approximate surface area is 150 Å². The van der Waals surface area contributed by atoms with E-state index in [1.54, 1.807) is 7.11 Å². The molecule has 0 radical (unpaired) electrons. The molecule has 1 N–H and O–H groups in total. The van der Waals surface area contributed by atoms with E-state index in [2.05, 4.69) is 28.0 Å². The molecule has 0 spiro atoms. The van der Waals surface area contributed by atoms with Gasteiger partial charge in [0, 0.05) is 61.9 Å². The molecule has 4 rings (SSSR count). The minimum atomic E-state index is 0.0855. The smallest absolute Gasteiger partial charge is 0.120 e. The number of likely N-dealkylation sites (tertiary alicyclic amines) is 1. The summed E-state index contributed by atoms with van der Waals surface area (Å²) in [6.45, 7) is 6.23. The van der Waals surface area contributed by atoms with Gasteiger partial charge in [0.1, 0.15) is 5.75 Å². The Morgan fingerprint density at radius 2 is 2.16 bits per heavy atom. The van der Waals surface area contributed by atoms with Crippen LogP contribution in [-0.2, 0) is 4.74 Å². The Kier molecular flexibility index (Phi) is 4.89. The van der Waals surface area contributed by atoms with Gasteiger partial charge in [0.05, 0.1) is 20.3 Å². The summed E-state index contributed by atoms with van der Waals surface area (Å²) < 4.78 is 11.0. The molecule has 1 aromatic rings. The number of nitrogens with zero attached hydrogens (tertiary/aromatic N) is 2. The average Bonchev–Trinajstić information content (AvgIpc) is 3.08. The molecular weight excluding hydrogens is 316 g/mol. The summed E-state index contributed by atoms with van der Waals surface area (Å²) in [7, 11) is 1.72. The number of benzene rings is 1. The fourth-order valence-electron chi connectivity index (χ4n) is 4.92. The van der Waals surface area contributed by atoms with Crippen LogP contribution < -0.4 is 9.64 Å². The summed E-state index contributed by atoms with van der Waals surface area (Å²) in [6, 6.07) is 9.00. The van der Waals surface area contributed by atoms with Gasteiger partial charge < -0.3 is 19.5 Å². The lowest BCUT2D eigenvalue weighted by Crippen LogP contribution is -2.45. The molecule has 0 amide bonds. The summed E-state index contributed by atoms with van der Waals surface area (Å²) in [5, 5.41) is 10.0. The highest BCUT2D eigenvalue weighted by Gasteiger charge is 2.49. The molecule has 0 aromatic heterocycles. The van der Waals surface area contributed by atoms with Gasteiger partial charge in [-0.1, -0.05) is 6.07 Å². The zero-order valence-electron chi connectivity index (χ0n) is 15.2. The van der Waals surface area contributed by atoms with Crippen LogP contribution in [0.4, 0.5) is 5.69 Å². The second kappa shape index (κ2) is 7.14. The molecule has 2 atom stereocenters. The molecule has 25 heavy (non-hydrogen) atoms. The van der Waals surface area contributed by atoms with E-state index in [4.69, 9.17) is 9.47 Å². The minimum Gasteiger partial charge on any atom is -0.497 e. The van der Waals surface area contributed by atoms with Gasteiger partial charge in [-0.05, 0) is 31.4 Å². The first-order valence-corrected chi connectivity index (χ1v) is 9.56. The van der Waals surface area contributed by atoms with Gasteiger partial charge in [0.15, 0.2) is 0 Å². The molecular formula is C20H30N2O3. The van der Waals surface area contributed by atoms with Crippen molar-refractivity contribution in [3.63, 3.8) is 0 Å². The minimum absolute atomic E-state index is 0.0855. The maximum Gasteiger partial charge on any atom is 0.120 e. The Bertz CT molecular complexity index is 588. The highest BCUT2D eigenvalue weighted by molar-refractivity contribution is 5.51. The van der Waals surface area contributed by atoms with Crippen molar-refractivity contribution in [2.75, 3.05) is 58.0 Å². The highest BCUT2D eigenvalue weighted by Crippen LogP contribution is 2.43. The van der Waals surface area contributed by atoms with Crippen LogP contribution in [-0.4, -0.2) is 69.2 Å². The summed E-state index contributed by atoms with van der Waals surface area (Å²) >= 11 is 0. The van der Waals surface area contributed by atoms with Gasteiger partial charge in [-0.2, -0.15) is 0 Å². The van der Waals surface area contributed by atoms with Crippen molar-refractivity contribution in [2.24, 2.45) is 11.3 Å². The van der Waals surface area contributed by atoms with E-state index in [1.165, 1.54) is 18.5 Å². The molecule has 3 fully saturated rings. The van der Waals surface area contributed by atoms with Gasteiger partial charge in [-0.15, -0.1) is 0 Å². The Morgan fingerprint density at radius 3 is 2.88 bits per heavy atom. The van der Waals surface area contributed by atoms with Gasteiger partial charge in [0.2, 0.25) is 0 Å². The normalized spacial score (nSPS) is 31.1. The monoisotopic (exact) mass is 346 g/mol. The number of methoxy groups -OCH3 is 1. The molecule has 138 valence electrons. The molecule has 1 aromatic carbocycles. The van der Waals surface area contributed by atoms with Crippen molar-refractivity contribution in [3.8, 4) is 5.75 Å². The van der Waals surface area contributed by atoms with Crippen molar-refractivity contribution in [1.29, 1.82) is 0 Å². The summed E-state index contributed by atoms with van der Waals surface area (Å²) in [5.74, 6) is 1.43. The molecule has 0 bridgehead atoms. The lowest BCUT2D eigenvalue weighted by atomic mass is 9.75. The first-order valence-electron chi connectivity index (χ1n) is 9.56. The summed E-state index contributed by atoms with van der Waals surface area (Å²) in [6.07, 6.45) is 3.38. The third-order valence-electron chi connectivity index (χ3n) is 6.62. The second-order valence-corrected chi connectivity index (χ2v) is 7.89. The van der Waals surface area contributed by atoms with Crippen molar-refractivity contribution < 1.29 is 14.6 Å². The maximum atomic E-state index is 10.0. The fourth-order valence-corrected chi connectivity index (χ4v) is 4.92. The van der Waals surface area contributed by atoms with Crippen LogP contribution in [0.5, 0.6) is 5.75 Å². The summed E-state index contributed by atoms with van der Waals surface area (Å²) in [4.78, 5) is 5.10. The molecule has 0 aliphatic carbocycles. The van der Waals surface area contributed by atoms with Crippen LogP contribution in [0, 0.1) is 11.3 Å². The average molecular weight is 346 g/mol. The predicted molar refractivity (Wildman–Crippen MR) is 98.2 cm³/mol. The number of ether oxygens (including phenoxy) is 2. The lowest BCUT2D eigenvalue weighted by Gasteiger charge is -2.39. The van der Waals surface area contributed by atoms with Gasteiger partial charge in [0.25, 0.3) is 0 Å². The van der Waals surface area contributed by atoms with Crippen molar-refractivity contribution >= 4 is 5.69 Å². The lowest BCUT2D eigenvalue weighted by molar-refractivity contribution is -0.0419. The zero-order valence-corrected chi connectivity index (χ0v) is 15.2. The molecule has 0 unspecified atom stereocenters. The van der Waals surface area contributed by atoms with Crippen LogP contribution in [0.1, 0.15) is 19.3 Å².